The second-order valence-corrected chi connectivity index (χ2v) is 4.90. The summed E-state index contributed by atoms with van der Waals surface area (Å²) in [5, 5.41) is 19.3. The molecule has 0 bridgehead atoms. The monoisotopic (exact) mass is 251 g/mol. The van der Waals surface area contributed by atoms with Crippen molar-refractivity contribution in [2.45, 2.75) is 25.2 Å². The van der Waals surface area contributed by atoms with Gasteiger partial charge in [0.15, 0.2) is 0 Å². The lowest BCUT2D eigenvalue weighted by Gasteiger charge is -2.37. The summed E-state index contributed by atoms with van der Waals surface area (Å²) >= 11 is 0. The highest BCUT2D eigenvalue weighted by molar-refractivity contribution is 5.17. The highest BCUT2D eigenvalue weighted by Gasteiger charge is 2.26. The van der Waals surface area contributed by atoms with Crippen LogP contribution in [0.5, 0.6) is 0 Å². The van der Waals surface area contributed by atoms with Gasteiger partial charge in [0.05, 0.1) is 24.9 Å². The molecule has 1 heterocycles. The fraction of sp³-hybridized carbons (Fsp3) is 0.571. The highest BCUT2D eigenvalue weighted by Crippen LogP contribution is 2.17. The summed E-state index contributed by atoms with van der Waals surface area (Å²) in [4.78, 5) is 2.15. The van der Waals surface area contributed by atoms with Crippen LogP contribution in [0.15, 0.2) is 30.3 Å². The lowest BCUT2D eigenvalue weighted by molar-refractivity contribution is -0.102. The average molecular weight is 251 g/mol. The minimum absolute atomic E-state index is 0.0300. The summed E-state index contributed by atoms with van der Waals surface area (Å²) in [5.74, 6) is 0. The smallest absolute Gasteiger partial charge is 0.0936 e. The SMILES string of the molecule is C[C@H]1CN(C[C@@H](O)c2ccccc2)C[C@H](CO)O1. The molecule has 0 unspecified atom stereocenters. The summed E-state index contributed by atoms with van der Waals surface area (Å²) in [5.41, 5.74) is 0.928. The van der Waals surface area contributed by atoms with Crippen molar-refractivity contribution >= 4 is 0 Å². The van der Waals surface area contributed by atoms with Crippen molar-refractivity contribution in [2.24, 2.45) is 0 Å². The maximum atomic E-state index is 10.2. The minimum atomic E-state index is -0.490. The number of nitrogens with zero attached hydrogens (tertiary/aromatic N) is 1. The van der Waals surface area contributed by atoms with Crippen LogP contribution in [0.4, 0.5) is 0 Å². The van der Waals surface area contributed by atoms with Crippen LogP contribution in [0.25, 0.3) is 0 Å². The van der Waals surface area contributed by atoms with Gasteiger partial charge in [-0.15, -0.1) is 0 Å². The maximum Gasteiger partial charge on any atom is 0.0936 e. The van der Waals surface area contributed by atoms with Gasteiger partial charge in [0.1, 0.15) is 0 Å². The van der Waals surface area contributed by atoms with E-state index in [1.165, 1.54) is 0 Å². The van der Waals surface area contributed by atoms with Crippen molar-refractivity contribution < 1.29 is 14.9 Å². The van der Waals surface area contributed by atoms with E-state index in [0.717, 1.165) is 12.1 Å². The number of aliphatic hydroxyl groups excluding tert-OH is 2. The van der Waals surface area contributed by atoms with E-state index in [0.29, 0.717) is 13.1 Å². The largest absolute Gasteiger partial charge is 0.394 e. The number of hydrogen-bond acceptors (Lipinski definition) is 4. The van der Waals surface area contributed by atoms with Gasteiger partial charge in [-0.05, 0) is 12.5 Å². The summed E-state index contributed by atoms with van der Waals surface area (Å²) in [6, 6.07) is 9.65. The van der Waals surface area contributed by atoms with Crippen molar-refractivity contribution in [1.29, 1.82) is 0 Å². The van der Waals surface area contributed by atoms with Crippen LogP contribution in [0.1, 0.15) is 18.6 Å². The van der Waals surface area contributed by atoms with Crippen molar-refractivity contribution in [3.05, 3.63) is 35.9 Å². The van der Waals surface area contributed by atoms with Gasteiger partial charge in [-0.25, -0.2) is 0 Å². The van der Waals surface area contributed by atoms with Crippen LogP contribution in [0.2, 0.25) is 0 Å². The summed E-state index contributed by atoms with van der Waals surface area (Å²) < 4.78 is 5.58. The van der Waals surface area contributed by atoms with Crippen LogP contribution in [0, 0.1) is 0 Å². The summed E-state index contributed by atoms with van der Waals surface area (Å²) in [6.07, 6.45) is -0.536. The highest BCUT2D eigenvalue weighted by atomic mass is 16.5. The molecule has 1 saturated heterocycles. The molecule has 0 amide bonds. The van der Waals surface area contributed by atoms with E-state index < -0.39 is 6.10 Å². The minimum Gasteiger partial charge on any atom is -0.394 e. The quantitative estimate of drug-likeness (QED) is 0.831. The molecule has 4 heteroatoms. The summed E-state index contributed by atoms with van der Waals surface area (Å²) in [7, 11) is 0. The molecule has 0 aromatic heterocycles. The molecule has 1 aromatic rings. The zero-order valence-electron chi connectivity index (χ0n) is 10.7. The van der Waals surface area contributed by atoms with Gasteiger partial charge in [0.2, 0.25) is 0 Å². The number of β-amino-alcohol motifs (C(OH)–C–C–N with tert-alkyl or cyclic N) is 1. The first-order valence-electron chi connectivity index (χ1n) is 6.40. The normalized spacial score (nSPS) is 27.1. The van der Waals surface area contributed by atoms with E-state index in [9.17, 15) is 5.11 Å². The van der Waals surface area contributed by atoms with Crippen molar-refractivity contribution in [2.75, 3.05) is 26.2 Å². The van der Waals surface area contributed by atoms with Crippen LogP contribution < -0.4 is 0 Å². The molecule has 2 rings (SSSR count). The zero-order chi connectivity index (χ0) is 13.0. The second-order valence-electron chi connectivity index (χ2n) is 4.90. The number of morpholine rings is 1. The first kappa shape index (κ1) is 13.5. The lowest BCUT2D eigenvalue weighted by Crippen LogP contribution is -2.49. The molecular formula is C14H21NO3. The molecule has 1 aliphatic rings. The topological polar surface area (TPSA) is 52.9 Å². The Hall–Kier alpha value is -0.940. The van der Waals surface area contributed by atoms with E-state index >= 15 is 0 Å². The number of benzene rings is 1. The van der Waals surface area contributed by atoms with Crippen molar-refractivity contribution in [3.8, 4) is 0 Å². The molecule has 1 fully saturated rings. The Bertz CT molecular complexity index is 357. The average Bonchev–Trinajstić information content (AvgIpc) is 2.39. The fourth-order valence-corrected chi connectivity index (χ4v) is 2.42. The number of rotatable bonds is 4. The second kappa shape index (κ2) is 6.29. The molecule has 100 valence electrons. The first-order chi connectivity index (χ1) is 8.69. The van der Waals surface area contributed by atoms with Crippen molar-refractivity contribution in [1.82, 2.24) is 4.90 Å². The predicted octanol–water partition coefficient (Wildman–Crippen LogP) is 0.802. The van der Waals surface area contributed by atoms with E-state index in [-0.39, 0.29) is 18.8 Å². The third-order valence-electron chi connectivity index (χ3n) is 3.22. The molecule has 0 saturated carbocycles. The first-order valence-corrected chi connectivity index (χ1v) is 6.40. The number of ether oxygens (including phenoxy) is 1. The fourth-order valence-electron chi connectivity index (χ4n) is 2.42. The standard InChI is InChI=1S/C14H21NO3/c1-11-7-15(8-13(10-16)18-11)9-14(17)12-5-3-2-4-6-12/h2-6,11,13-14,16-17H,7-10H2,1H3/t11-,13+,14+/m0/s1. The van der Waals surface area contributed by atoms with Crippen LogP contribution >= 0.6 is 0 Å². The van der Waals surface area contributed by atoms with Crippen LogP contribution in [-0.4, -0.2) is 53.6 Å². The molecule has 1 aromatic carbocycles. The summed E-state index contributed by atoms with van der Waals surface area (Å²) in [6.45, 7) is 4.06. The Kier molecular flexibility index (Phi) is 4.72. The Balaban J connectivity index is 1.92. The number of aliphatic hydroxyl groups is 2. The van der Waals surface area contributed by atoms with E-state index in [1.807, 2.05) is 37.3 Å². The molecule has 0 aliphatic carbocycles. The molecule has 2 N–H and O–H groups in total. The van der Waals surface area contributed by atoms with Gasteiger partial charge in [-0.3, -0.25) is 4.90 Å². The Morgan fingerprint density at radius 2 is 2.06 bits per heavy atom. The van der Waals surface area contributed by atoms with Gasteiger partial charge >= 0.3 is 0 Å². The molecular weight excluding hydrogens is 230 g/mol. The van der Waals surface area contributed by atoms with E-state index in [1.54, 1.807) is 0 Å². The lowest BCUT2D eigenvalue weighted by atomic mass is 10.1. The van der Waals surface area contributed by atoms with E-state index in [2.05, 4.69) is 4.90 Å². The predicted molar refractivity (Wildman–Crippen MR) is 69.3 cm³/mol. The zero-order valence-corrected chi connectivity index (χ0v) is 10.7. The molecule has 1 aliphatic heterocycles. The molecule has 18 heavy (non-hydrogen) atoms. The third-order valence-corrected chi connectivity index (χ3v) is 3.22. The van der Waals surface area contributed by atoms with E-state index in [4.69, 9.17) is 9.84 Å². The molecule has 3 atom stereocenters. The van der Waals surface area contributed by atoms with Gasteiger partial charge in [-0.1, -0.05) is 30.3 Å². The van der Waals surface area contributed by atoms with Gasteiger partial charge in [-0.2, -0.15) is 0 Å². The molecule has 0 spiro atoms. The van der Waals surface area contributed by atoms with Crippen LogP contribution in [0.3, 0.4) is 0 Å². The van der Waals surface area contributed by atoms with Gasteiger partial charge < -0.3 is 14.9 Å². The van der Waals surface area contributed by atoms with Gasteiger partial charge in [0, 0.05) is 19.6 Å². The van der Waals surface area contributed by atoms with Gasteiger partial charge in [0.25, 0.3) is 0 Å². The Morgan fingerprint density at radius 1 is 1.33 bits per heavy atom. The molecule has 0 radical (unpaired) electrons. The van der Waals surface area contributed by atoms with Crippen molar-refractivity contribution in [3.63, 3.8) is 0 Å². The molecule has 4 nitrogen and oxygen atoms in total. The third kappa shape index (κ3) is 3.53. The Morgan fingerprint density at radius 3 is 2.72 bits per heavy atom. The maximum absolute atomic E-state index is 10.2. The number of hydrogen-bond donors (Lipinski definition) is 2. The van der Waals surface area contributed by atoms with Crippen LogP contribution in [-0.2, 0) is 4.74 Å². The Labute approximate surface area is 108 Å².